The lowest BCUT2D eigenvalue weighted by Gasteiger charge is -2.22. The molecule has 1 atom stereocenters. The summed E-state index contributed by atoms with van der Waals surface area (Å²) < 4.78 is 0. The summed E-state index contributed by atoms with van der Waals surface area (Å²) in [5.41, 5.74) is 13.1. The Balaban J connectivity index is 2.00. The average molecular weight is 341 g/mol. The summed E-state index contributed by atoms with van der Waals surface area (Å²) in [6, 6.07) is 20.6. The van der Waals surface area contributed by atoms with Crippen molar-refractivity contribution < 1.29 is 0 Å². The van der Waals surface area contributed by atoms with E-state index in [1.165, 1.54) is 63.8 Å². The Morgan fingerprint density at radius 3 is 2.19 bits per heavy atom. The second-order valence-corrected chi connectivity index (χ2v) is 7.81. The molecule has 0 amide bonds. The first-order chi connectivity index (χ1) is 12.6. The van der Waals surface area contributed by atoms with Gasteiger partial charge < -0.3 is 0 Å². The minimum atomic E-state index is 0.370. The Hall–Kier alpha value is -2.34. The second-order valence-electron chi connectivity index (χ2n) is 7.81. The molecule has 0 saturated carbocycles. The highest BCUT2D eigenvalue weighted by molar-refractivity contribution is 5.82. The quantitative estimate of drug-likeness (QED) is 0.371. The van der Waals surface area contributed by atoms with Gasteiger partial charge in [0.05, 0.1) is 0 Å². The molecule has 3 aromatic rings. The summed E-state index contributed by atoms with van der Waals surface area (Å²) in [4.78, 5) is 0. The predicted octanol–water partition coefficient (Wildman–Crippen LogP) is 7.12. The molecule has 132 valence electrons. The van der Waals surface area contributed by atoms with Crippen molar-refractivity contribution in [3.63, 3.8) is 0 Å². The molecule has 0 radical (unpaired) electrons. The van der Waals surface area contributed by atoms with Crippen molar-refractivity contribution in [3.05, 3.63) is 93.5 Å². The third-order valence-corrected chi connectivity index (χ3v) is 5.87. The lowest BCUT2D eigenvalue weighted by Crippen LogP contribution is -2.07. The topological polar surface area (TPSA) is 0 Å². The van der Waals surface area contributed by atoms with Crippen LogP contribution in [-0.4, -0.2) is 0 Å². The molecule has 0 heteroatoms. The normalized spacial score (nSPS) is 15.0. The molecule has 3 aromatic carbocycles. The molecule has 0 spiro atoms. The first-order valence-corrected chi connectivity index (χ1v) is 9.90. The number of hydrogen-bond acceptors (Lipinski definition) is 0. The van der Waals surface area contributed by atoms with Crippen LogP contribution in [0.2, 0.25) is 0 Å². The van der Waals surface area contributed by atoms with Crippen LogP contribution in [0.15, 0.2) is 54.6 Å². The molecule has 1 aliphatic rings. The van der Waals surface area contributed by atoms with Crippen molar-refractivity contribution in [2.75, 3.05) is 0 Å². The van der Waals surface area contributed by atoms with E-state index in [-0.39, 0.29) is 0 Å². The molecule has 0 N–H and O–H groups in total. The van der Waals surface area contributed by atoms with E-state index in [2.05, 4.69) is 82.3 Å². The molecule has 4 rings (SSSR count). The van der Waals surface area contributed by atoms with E-state index in [1.807, 2.05) is 0 Å². The van der Waals surface area contributed by atoms with E-state index in [9.17, 15) is 0 Å². The highest BCUT2D eigenvalue weighted by atomic mass is 14.4. The van der Waals surface area contributed by atoms with E-state index >= 15 is 0 Å². The van der Waals surface area contributed by atoms with Crippen molar-refractivity contribution in [3.8, 4) is 11.1 Å². The molecule has 0 aliphatic heterocycles. The minimum Gasteiger partial charge on any atom is -0.0654 e. The fourth-order valence-electron chi connectivity index (χ4n) is 4.87. The van der Waals surface area contributed by atoms with Crippen molar-refractivity contribution in [1.29, 1.82) is 0 Å². The summed E-state index contributed by atoms with van der Waals surface area (Å²) in [6.45, 7) is 9.05. The van der Waals surface area contributed by atoms with E-state index in [4.69, 9.17) is 0 Å². The Kier molecular flexibility index (Phi) is 4.44. The van der Waals surface area contributed by atoms with Crippen LogP contribution in [0.4, 0.5) is 0 Å². The standard InChI is InChI=1S/C26H28/c1-5-6-10-20-11-9-14-22-21-12-7-8-13-23(21)26(25(20)22)24-18(3)15-17(2)16-19(24)4/h7-9,11-16,26H,5-6,10H2,1-4H3. The van der Waals surface area contributed by atoms with E-state index < -0.39 is 0 Å². The average Bonchev–Trinajstić information content (AvgIpc) is 2.95. The summed E-state index contributed by atoms with van der Waals surface area (Å²) in [5, 5.41) is 0. The monoisotopic (exact) mass is 340 g/mol. The third kappa shape index (κ3) is 2.69. The zero-order valence-electron chi connectivity index (χ0n) is 16.4. The highest BCUT2D eigenvalue weighted by Gasteiger charge is 2.33. The Morgan fingerprint density at radius 2 is 1.46 bits per heavy atom. The highest BCUT2D eigenvalue weighted by Crippen LogP contribution is 2.50. The Morgan fingerprint density at radius 1 is 0.769 bits per heavy atom. The molecule has 0 aromatic heterocycles. The van der Waals surface area contributed by atoms with Gasteiger partial charge in [-0.05, 0) is 78.1 Å². The predicted molar refractivity (Wildman–Crippen MR) is 112 cm³/mol. The smallest absolute Gasteiger partial charge is 0.0360 e. The Bertz CT molecular complexity index is 939. The molecule has 1 unspecified atom stereocenters. The van der Waals surface area contributed by atoms with Gasteiger partial charge in [-0.3, -0.25) is 0 Å². The van der Waals surface area contributed by atoms with Crippen molar-refractivity contribution in [2.45, 2.75) is 52.9 Å². The largest absolute Gasteiger partial charge is 0.0654 e. The SMILES string of the molecule is CCCCc1cccc2c1C(c1c(C)cc(C)cc1C)c1ccccc1-2. The number of hydrogen-bond donors (Lipinski definition) is 0. The van der Waals surface area contributed by atoms with Gasteiger partial charge in [-0.2, -0.15) is 0 Å². The number of unbranched alkanes of at least 4 members (excludes halogenated alkanes) is 1. The number of benzene rings is 3. The van der Waals surface area contributed by atoms with E-state index in [1.54, 1.807) is 5.56 Å². The lowest BCUT2D eigenvalue weighted by atomic mass is 9.81. The van der Waals surface area contributed by atoms with Gasteiger partial charge in [0.2, 0.25) is 0 Å². The van der Waals surface area contributed by atoms with E-state index in [0.29, 0.717) is 5.92 Å². The maximum atomic E-state index is 2.35. The number of rotatable bonds is 4. The van der Waals surface area contributed by atoms with Crippen molar-refractivity contribution >= 4 is 0 Å². The van der Waals surface area contributed by atoms with Crippen LogP contribution in [0, 0.1) is 20.8 Å². The van der Waals surface area contributed by atoms with Gasteiger partial charge in [-0.15, -0.1) is 0 Å². The zero-order valence-corrected chi connectivity index (χ0v) is 16.4. The molecule has 1 aliphatic carbocycles. The van der Waals surface area contributed by atoms with Crippen LogP contribution in [0.3, 0.4) is 0 Å². The summed E-state index contributed by atoms with van der Waals surface area (Å²) in [6.07, 6.45) is 3.67. The maximum absolute atomic E-state index is 2.35. The molecule has 26 heavy (non-hydrogen) atoms. The molecule has 0 heterocycles. The van der Waals surface area contributed by atoms with Crippen molar-refractivity contribution in [2.24, 2.45) is 0 Å². The fourth-order valence-corrected chi connectivity index (χ4v) is 4.87. The summed E-state index contributed by atoms with van der Waals surface area (Å²) >= 11 is 0. The van der Waals surface area contributed by atoms with Gasteiger partial charge in [0, 0.05) is 5.92 Å². The number of aryl methyl sites for hydroxylation is 4. The van der Waals surface area contributed by atoms with Gasteiger partial charge >= 0.3 is 0 Å². The van der Waals surface area contributed by atoms with Gasteiger partial charge in [0.25, 0.3) is 0 Å². The first kappa shape index (κ1) is 17.1. The van der Waals surface area contributed by atoms with Gasteiger partial charge in [-0.1, -0.05) is 73.5 Å². The maximum Gasteiger partial charge on any atom is 0.0360 e. The molecular weight excluding hydrogens is 312 g/mol. The zero-order chi connectivity index (χ0) is 18.3. The molecule has 0 fully saturated rings. The third-order valence-electron chi connectivity index (χ3n) is 5.87. The number of fused-ring (bicyclic) bond motifs is 3. The van der Waals surface area contributed by atoms with E-state index in [0.717, 1.165) is 0 Å². The second kappa shape index (κ2) is 6.76. The van der Waals surface area contributed by atoms with Crippen LogP contribution >= 0.6 is 0 Å². The van der Waals surface area contributed by atoms with Crippen LogP contribution < -0.4 is 0 Å². The fraction of sp³-hybridized carbons (Fsp3) is 0.308. The van der Waals surface area contributed by atoms with Gasteiger partial charge in [0.1, 0.15) is 0 Å². The van der Waals surface area contributed by atoms with Crippen LogP contribution in [0.5, 0.6) is 0 Å². The Labute approximate surface area is 157 Å². The molecule has 0 saturated heterocycles. The lowest BCUT2D eigenvalue weighted by molar-refractivity contribution is 0.784. The summed E-state index contributed by atoms with van der Waals surface area (Å²) in [5.74, 6) is 0.370. The first-order valence-electron chi connectivity index (χ1n) is 9.90. The molecule has 0 bridgehead atoms. The van der Waals surface area contributed by atoms with Crippen LogP contribution in [0.25, 0.3) is 11.1 Å². The van der Waals surface area contributed by atoms with Crippen molar-refractivity contribution in [1.82, 2.24) is 0 Å². The van der Waals surface area contributed by atoms with Gasteiger partial charge in [-0.25, -0.2) is 0 Å². The van der Waals surface area contributed by atoms with Crippen LogP contribution in [0.1, 0.15) is 64.6 Å². The summed E-state index contributed by atoms with van der Waals surface area (Å²) in [7, 11) is 0. The minimum absolute atomic E-state index is 0.370. The van der Waals surface area contributed by atoms with Gasteiger partial charge in [0.15, 0.2) is 0 Å². The van der Waals surface area contributed by atoms with Crippen LogP contribution in [-0.2, 0) is 6.42 Å². The molecule has 0 nitrogen and oxygen atoms in total. The molecular formula is C26H28.